The summed E-state index contributed by atoms with van der Waals surface area (Å²) in [5.74, 6) is 0.487. The molecule has 0 bridgehead atoms. The summed E-state index contributed by atoms with van der Waals surface area (Å²) in [5, 5.41) is 11.6. The van der Waals surface area contributed by atoms with Gasteiger partial charge in [-0.25, -0.2) is 4.98 Å². The van der Waals surface area contributed by atoms with E-state index < -0.39 is 0 Å². The van der Waals surface area contributed by atoms with Crippen LogP contribution in [0.4, 0.5) is 5.13 Å². The lowest BCUT2D eigenvalue weighted by atomic mass is 10.1. The first-order valence-corrected chi connectivity index (χ1v) is 10.3. The number of rotatable bonds is 5. The highest BCUT2D eigenvalue weighted by molar-refractivity contribution is 7.71. The average Bonchev–Trinajstić information content (AvgIpc) is 3.32. The van der Waals surface area contributed by atoms with E-state index in [1.807, 2.05) is 43.5 Å². The van der Waals surface area contributed by atoms with E-state index >= 15 is 0 Å². The van der Waals surface area contributed by atoms with Crippen LogP contribution < -0.4 is 5.32 Å². The third kappa shape index (κ3) is 3.43. The molecule has 0 saturated heterocycles. The molecule has 0 atom stereocenters. The zero-order valence-electron chi connectivity index (χ0n) is 16.3. The first-order valence-electron chi connectivity index (χ1n) is 9.03. The maximum Gasteiger partial charge on any atom is 0.257 e. The van der Waals surface area contributed by atoms with Crippen molar-refractivity contribution < 1.29 is 4.79 Å². The van der Waals surface area contributed by atoms with Crippen molar-refractivity contribution >= 4 is 45.5 Å². The number of hydrogen-bond donors (Lipinski definition) is 3. The first kappa shape index (κ1) is 19.3. The highest BCUT2D eigenvalue weighted by atomic mass is 32.1. The molecule has 9 heteroatoms. The predicted octanol–water partition coefficient (Wildman–Crippen LogP) is 4.91. The highest BCUT2D eigenvalue weighted by Gasteiger charge is 2.18. The molecule has 1 aromatic carbocycles. The molecule has 148 valence electrons. The molecule has 0 spiro atoms. The van der Waals surface area contributed by atoms with Gasteiger partial charge in [0.25, 0.3) is 5.91 Å². The van der Waals surface area contributed by atoms with Crippen LogP contribution >= 0.6 is 23.6 Å². The van der Waals surface area contributed by atoms with Gasteiger partial charge < -0.3 is 4.98 Å². The summed E-state index contributed by atoms with van der Waals surface area (Å²) in [6.45, 7) is 10.3. The fourth-order valence-electron chi connectivity index (χ4n) is 3.22. The normalized spacial score (nSPS) is 11.1. The van der Waals surface area contributed by atoms with E-state index in [9.17, 15) is 4.79 Å². The topological polar surface area (TPSA) is 91.4 Å². The minimum Gasteiger partial charge on any atom is -0.358 e. The smallest absolute Gasteiger partial charge is 0.257 e. The Morgan fingerprint density at radius 2 is 2.17 bits per heavy atom. The van der Waals surface area contributed by atoms with Gasteiger partial charge in [0.2, 0.25) is 0 Å². The Kier molecular flexibility index (Phi) is 4.93. The number of aromatic amines is 2. The molecule has 0 unspecified atom stereocenters. The van der Waals surface area contributed by atoms with Crippen molar-refractivity contribution in [3.05, 3.63) is 58.1 Å². The molecule has 3 aromatic heterocycles. The van der Waals surface area contributed by atoms with E-state index in [-0.39, 0.29) is 5.91 Å². The summed E-state index contributed by atoms with van der Waals surface area (Å²) < 4.78 is 2.36. The van der Waals surface area contributed by atoms with Crippen LogP contribution in [-0.2, 0) is 6.54 Å². The molecule has 0 aliphatic heterocycles. The van der Waals surface area contributed by atoms with Crippen LogP contribution in [0.3, 0.4) is 0 Å². The maximum absolute atomic E-state index is 12.8. The lowest BCUT2D eigenvalue weighted by molar-refractivity contribution is 0.102. The second-order valence-corrected chi connectivity index (χ2v) is 8.16. The number of anilines is 1. The minimum atomic E-state index is -0.199. The summed E-state index contributed by atoms with van der Waals surface area (Å²) in [4.78, 5) is 21.5. The number of carbonyl (C=O) groups excluding carboxylic acids is 1. The number of nitrogens with zero attached hydrogens (tertiary/aromatic N) is 3. The molecule has 4 aromatic rings. The molecule has 0 aliphatic carbocycles. The van der Waals surface area contributed by atoms with Gasteiger partial charge in [0, 0.05) is 28.7 Å². The standard InChI is InChI=1S/C20H20N6OS2/c1-5-8-26-17(24-25-20(26)28)16-12(4)22-19(29-16)23-18(27)13-6-7-15-14(9-13)10(2)11(3)21-15/h5-7,9,21H,1,8H2,2-4H3,(H,25,28)(H,22,23,27). The van der Waals surface area contributed by atoms with Gasteiger partial charge in [0.1, 0.15) is 0 Å². The predicted molar refractivity (Wildman–Crippen MR) is 119 cm³/mol. The molecule has 0 aliphatic rings. The zero-order valence-corrected chi connectivity index (χ0v) is 17.9. The Bertz CT molecular complexity index is 1310. The number of aromatic nitrogens is 5. The second-order valence-electron chi connectivity index (χ2n) is 6.77. The third-order valence-electron chi connectivity index (χ3n) is 4.86. The molecular formula is C20H20N6OS2. The number of thiazole rings is 1. The van der Waals surface area contributed by atoms with E-state index in [1.54, 1.807) is 6.08 Å². The van der Waals surface area contributed by atoms with Crippen molar-refractivity contribution in [1.29, 1.82) is 0 Å². The number of H-pyrrole nitrogens is 2. The highest BCUT2D eigenvalue weighted by Crippen LogP contribution is 2.32. The number of aryl methyl sites for hydroxylation is 3. The number of fused-ring (bicyclic) bond motifs is 1. The van der Waals surface area contributed by atoms with Gasteiger partial charge in [-0.3, -0.25) is 19.8 Å². The van der Waals surface area contributed by atoms with Crippen molar-refractivity contribution in [2.75, 3.05) is 5.32 Å². The summed E-state index contributed by atoms with van der Waals surface area (Å²) in [6.07, 6.45) is 1.76. The van der Waals surface area contributed by atoms with Crippen molar-refractivity contribution in [2.24, 2.45) is 0 Å². The van der Waals surface area contributed by atoms with E-state index in [4.69, 9.17) is 12.2 Å². The summed E-state index contributed by atoms with van der Waals surface area (Å²) in [7, 11) is 0. The quantitative estimate of drug-likeness (QED) is 0.314. The van der Waals surface area contributed by atoms with Gasteiger partial charge in [-0.05, 0) is 56.8 Å². The van der Waals surface area contributed by atoms with Crippen molar-refractivity contribution in [3.8, 4) is 10.7 Å². The van der Waals surface area contributed by atoms with Crippen LogP contribution in [0.1, 0.15) is 27.3 Å². The van der Waals surface area contributed by atoms with Crippen LogP contribution in [0.5, 0.6) is 0 Å². The monoisotopic (exact) mass is 424 g/mol. The first-order chi connectivity index (χ1) is 13.9. The third-order valence-corrected chi connectivity index (χ3v) is 6.24. The van der Waals surface area contributed by atoms with E-state index in [2.05, 4.69) is 32.1 Å². The number of benzene rings is 1. The van der Waals surface area contributed by atoms with Gasteiger partial charge in [0.05, 0.1) is 10.6 Å². The van der Waals surface area contributed by atoms with E-state index in [0.717, 1.165) is 32.7 Å². The van der Waals surface area contributed by atoms with Crippen molar-refractivity contribution in [3.63, 3.8) is 0 Å². The Morgan fingerprint density at radius 3 is 2.93 bits per heavy atom. The molecule has 3 heterocycles. The Morgan fingerprint density at radius 1 is 1.38 bits per heavy atom. The summed E-state index contributed by atoms with van der Waals surface area (Å²) in [6, 6.07) is 5.64. The maximum atomic E-state index is 12.8. The van der Waals surface area contributed by atoms with Crippen molar-refractivity contribution in [2.45, 2.75) is 27.3 Å². The van der Waals surface area contributed by atoms with Crippen LogP contribution in [0.15, 0.2) is 30.9 Å². The van der Waals surface area contributed by atoms with Crippen LogP contribution in [0.25, 0.3) is 21.6 Å². The van der Waals surface area contributed by atoms with E-state index in [0.29, 0.717) is 27.8 Å². The Balaban J connectivity index is 1.63. The van der Waals surface area contributed by atoms with Gasteiger partial charge in [-0.1, -0.05) is 17.4 Å². The number of carbonyl (C=O) groups is 1. The lowest BCUT2D eigenvalue weighted by Gasteiger charge is -2.03. The molecule has 3 N–H and O–H groups in total. The van der Waals surface area contributed by atoms with Crippen LogP contribution in [0.2, 0.25) is 0 Å². The van der Waals surface area contributed by atoms with Gasteiger partial charge >= 0.3 is 0 Å². The number of nitrogens with one attached hydrogen (secondary N) is 3. The summed E-state index contributed by atoms with van der Waals surface area (Å²) >= 11 is 6.65. The van der Waals surface area contributed by atoms with Gasteiger partial charge in [0.15, 0.2) is 15.7 Å². The van der Waals surface area contributed by atoms with E-state index in [1.165, 1.54) is 11.3 Å². The molecule has 0 saturated carbocycles. The fraction of sp³-hybridized carbons (Fsp3) is 0.200. The molecular weight excluding hydrogens is 404 g/mol. The second kappa shape index (κ2) is 7.41. The largest absolute Gasteiger partial charge is 0.358 e. The van der Waals surface area contributed by atoms with Crippen LogP contribution in [-0.4, -0.2) is 30.6 Å². The van der Waals surface area contributed by atoms with Gasteiger partial charge in [-0.15, -0.1) is 6.58 Å². The Hall–Kier alpha value is -3.04. The molecule has 1 amide bonds. The van der Waals surface area contributed by atoms with Gasteiger partial charge in [-0.2, -0.15) is 5.10 Å². The molecule has 0 radical (unpaired) electrons. The number of amides is 1. The minimum absolute atomic E-state index is 0.199. The molecule has 7 nitrogen and oxygen atoms in total. The molecule has 29 heavy (non-hydrogen) atoms. The number of allylic oxidation sites excluding steroid dienone is 1. The van der Waals surface area contributed by atoms with Crippen molar-refractivity contribution in [1.82, 2.24) is 24.7 Å². The molecule has 0 fully saturated rings. The SMILES string of the molecule is C=CCn1c(-c2sc(NC(=O)c3ccc4[nH]c(C)c(C)c4c3)nc2C)n[nH]c1=S. The zero-order chi connectivity index (χ0) is 20.7. The molecule has 4 rings (SSSR count). The number of hydrogen-bond acceptors (Lipinski definition) is 5. The Labute approximate surface area is 176 Å². The average molecular weight is 425 g/mol. The summed E-state index contributed by atoms with van der Waals surface area (Å²) in [5.41, 5.74) is 4.63. The fourth-order valence-corrected chi connectivity index (χ4v) is 4.39. The lowest BCUT2D eigenvalue weighted by Crippen LogP contribution is -2.11. The van der Waals surface area contributed by atoms with Crippen LogP contribution in [0, 0.1) is 25.5 Å².